The van der Waals surface area contributed by atoms with Crippen molar-refractivity contribution < 1.29 is 4.79 Å². The minimum Gasteiger partial charge on any atom is -0.336 e. The molecule has 0 atom stereocenters. The van der Waals surface area contributed by atoms with Crippen LogP contribution in [0.25, 0.3) is 0 Å². The third-order valence-electron chi connectivity index (χ3n) is 4.43. The summed E-state index contributed by atoms with van der Waals surface area (Å²) >= 11 is 0. The van der Waals surface area contributed by atoms with Gasteiger partial charge in [0.25, 0.3) is 11.5 Å². The zero-order valence-corrected chi connectivity index (χ0v) is 16.7. The molecule has 0 aliphatic rings. The number of aryl methyl sites for hydroxylation is 4. The Bertz CT molecular complexity index is 833. The number of amides is 1. The Kier molecular flexibility index (Phi) is 6.35. The van der Waals surface area contributed by atoms with Gasteiger partial charge in [-0.15, -0.1) is 0 Å². The predicted octanol–water partition coefficient (Wildman–Crippen LogP) is 3.49. The van der Waals surface area contributed by atoms with Gasteiger partial charge in [0.2, 0.25) is 0 Å². The zero-order valence-electron chi connectivity index (χ0n) is 16.7. The van der Waals surface area contributed by atoms with Crippen molar-refractivity contribution in [2.24, 2.45) is 5.92 Å². The summed E-state index contributed by atoms with van der Waals surface area (Å²) < 4.78 is 1.64. The minimum absolute atomic E-state index is 0.212. The third-order valence-corrected chi connectivity index (χ3v) is 4.43. The maximum absolute atomic E-state index is 12.9. The summed E-state index contributed by atoms with van der Waals surface area (Å²) in [7, 11) is 1.71. The largest absolute Gasteiger partial charge is 0.336 e. The third kappa shape index (κ3) is 4.81. The molecule has 5 heteroatoms. The maximum Gasteiger partial charge on any atom is 0.263 e. The Morgan fingerprint density at radius 3 is 2.54 bits per heavy atom. The lowest BCUT2D eigenvalue weighted by atomic mass is 10.1. The molecule has 0 aliphatic heterocycles. The number of carbonyl (C=O) groups excluding carboxylic acids is 1. The smallest absolute Gasteiger partial charge is 0.263 e. The van der Waals surface area contributed by atoms with Crippen LogP contribution >= 0.6 is 0 Å². The van der Waals surface area contributed by atoms with Crippen molar-refractivity contribution in [2.75, 3.05) is 7.05 Å². The normalized spacial score (nSPS) is 11.0. The van der Waals surface area contributed by atoms with Gasteiger partial charge in [-0.2, -0.15) is 0 Å². The highest BCUT2D eigenvalue weighted by molar-refractivity contribution is 5.95. The van der Waals surface area contributed by atoms with E-state index in [1.165, 1.54) is 0 Å². The molecular formula is C21H29N3O2. The molecule has 0 spiro atoms. The summed E-state index contributed by atoms with van der Waals surface area (Å²) in [5, 5.41) is 0. The molecule has 2 aromatic heterocycles. The first kappa shape index (κ1) is 19.9. The Morgan fingerprint density at radius 2 is 1.92 bits per heavy atom. The summed E-state index contributed by atoms with van der Waals surface area (Å²) in [6.07, 6.45) is 2.68. The first-order chi connectivity index (χ1) is 12.2. The summed E-state index contributed by atoms with van der Waals surface area (Å²) in [5.74, 6) is 0.244. The van der Waals surface area contributed by atoms with Gasteiger partial charge in [-0.1, -0.05) is 13.8 Å². The second-order valence-electron chi connectivity index (χ2n) is 7.49. The Hall–Kier alpha value is -2.43. The summed E-state index contributed by atoms with van der Waals surface area (Å²) in [5.41, 5.74) is 3.61. The standard InChI is InChI=1S/C21H29N3O2/c1-14(2)7-9-24-10-8-16(4)19(21(24)26)20(25)23(6)13-18-12-15(3)11-17(5)22-18/h8,10-12,14H,7,9,13H2,1-6H3. The first-order valence-corrected chi connectivity index (χ1v) is 9.08. The lowest BCUT2D eigenvalue weighted by Gasteiger charge is -2.19. The van der Waals surface area contributed by atoms with Gasteiger partial charge >= 0.3 is 0 Å². The number of pyridine rings is 2. The SMILES string of the molecule is Cc1cc(C)nc(CN(C)C(=O)c2c(C)ccn(CCC(C)C)c2=O)c1. The van der Waals surface area contributed by atoms with E-state index >= 15 is 0 Å². The molecule has 140 valence electrons. The molecule has 0 saturated carbocycles. The molecule has 0 saturated heterocycles. The molecule has 0 unspecified atom stereocenters. The molecule has 26 heavy (non-hydrogen) atoms. The van der Waals surface area contributed by atoms with Crippen LogP contribution in [-0.4, -0.2) is 27.4 Å². The molecule has 5 nitrogen and oxygen atoms in total. The van der Waals surface area contributed by atoms with E-state index in [9.17, 15) is 9.59 Å². The van der Waals surface area contributed by atoms with Crippen LogP contribution < -0.4 is 5.56 Å². The molecule has 0 fully saturated rings. The van der Waals surface area contributed by atoms with Gasteiger partial charge in [0.1, 0.15) is 5.56 Å². The van der Waals surface area contributed by atoms with Crippen molar-refractivity contribution in [2.45, 2.75) is 54.1 Å². The molecule has 2 aromatic rings. The van der Waals surface area contributed by atoms with Gasteiger partial charge in [0.05, 0.1) is 12.2 Å². The quantitative estimate of drug-likeness (QED) is 0.797. The number of hydrogen-bond acceptors (Lipinski definition) is 3. The van der Waals surface area contributed by atoms with Crippen LogP contribution in [-0.2, 0) is 13.1 Å². The van der Waals surface area contributed by atoms with E-state index in [1.807, 2.05) is 39.0 Å². The van der Waals surface area contributed by atoms with E-state index in [-0.39, 0.29) is 17.0 Å². The topological polar surface area (TPSA) is 55.2 Å². The fourth-order valence-electron chi connectivity index (χ4n) is 3.01. The molecule has 0 N–H and O–H groups in total. The second kappa shape index (κ2) is 8.30. The van der Waals surface area contributed by atoms with Gasteiger partial charge in [0, 0.05) is 25.5 Å². The van der Waals surface area contributed by atoms with E-state index in [0.29, 0.717) is 24.6 Å². The molecule has 0 radical (unpaired) electrons. The molecular weight excluding hydrogens is 326 g/mol. The summed E-state index contributed by atoms with van der Waals surface area (Å²) in [6.45, 7) is 11.0. The van der Waals surface area contributed by atoms with Crippen molar-refractivity contribution in [3.8, 4) is 0 Å². The molecule has 1 amide bonds. The Morgan fingerprint density at radius 1 is 1.23 bits per heavy atom. The van der Waals surface area contributed by atoms with Crippen molar-refractivity contribution in [3.63, 3.8) is 0 Å². The highest BCUT2D eigenvalue weighted by Crippen LogP contribution is 2.11. The highest BCUT2D eigenvalue weighted by Gasteiger charge is 2.20. The number of nitrogens with zero attached hydrogens (tertiary/aromatic N) is 3. The predicted molar refractivity (Wildman–Crippen MR) is 104 cm³/mol. The first-order valence-electron chi connectivity index (χ1n) is 9.08. The van der Waals surface area contributed by atoms with Crippen LogP contribution in [0.2, 0.25) is 0 Å². The lowest BCUT2D eigenvalue weighted by molar-refractivity contribution is 0.0780. The maximum atomic E-state index is 12.9. The monoisotopic (exact) mass is 355 g/mol. The van der Waals surface area contributed by atoms with Crippen LogP contribution in [0.4, 0.5) is 0 Å². The van der Waals surface area contributed by atoms with E-state index in [1.54, 1.807) is 22.7 Å². The van der Waals surface area contributed by atoms with E-state index < -0.39 is 0 Å². The molecule has 2 heterocycles. The molecule has 0 aliphatic carbocycles. The van der Waals surface area contributed by atoms with E-state index in [4.69, 9.17) is 0 Å². The van der Waals surface area contributed by atoms with Crippen LogP contribution in [0.1, 0.15) is 53.1 Å². The molecule has 0 bridgehead atoms. The van der Waals surface area contributed by atoms with Gasteiger partial charge in [-0.3, -0.25) is 14.6 Å². The number of rotatable bonds is 6. The van der Waals surface area contributed by atoms with Crippen molar-refractivity contribution in [1.82, 2.24) is 14.5 Å². The fourth-order valence-corrected chi connectivity index (χ4v) is 3.01. The van der Waals surface area contributed by atoms with E-state index in [2.05, 4.69) is 18.8 Å². The second-order valence-corrected chi connectivity index (χ2v) is 7.49. The van der Waals surface area contributed by atoms with Crippen molar-refractivity contribution in [1.29, 1.82) is 0 Å². The Labute approximate surface area is 155 Å². The van der Waals surface area contributed by atoms with Crippen LogP contribution in [0.15, 0.2) is 29.2 Å². The highest BCUT2D eigenvalue weighted by atomic mass is 16.2. The zero-order chi connectivity index (χ0) is 19.4. The van der Waals surface area contributed by atoms with E-state index in [0.717, 1.165) is 23.4 Å². The number of hydrogen-bond donors (Lipinski definition) is 0. The van der Waals surface area contributed by atoms with Gasteiger partial charge in [-0.25, -0.2) is 0 Å². The fraction of sp³-hybridized carbons (Fsp3) is 0.476. The van der Waals surface area contributed by atoms with Crippen LogP contribution in [0, 0.1) is 26.7 Å². The van der Waals surface area contributed by atoms with Crippen LogP contribution in [0.3, 0.4) is 0 Å². The summed E-state index contributed by atoms with van der Waals surface area (Å²) in [4.78, 5) is 31.8. The molecule has 0 aromatic carbocycles. The number of aromatic nitrogens is 2. The average molecular weight is 355 g/mol. The number of carbonyl (C=O) groups is 1. The van der Waals surface area contributed by atoms with Gasteiger partial charge in [-0.05, 0) is 62.4 Å². The Balaban J connectivity index is 2.27. The van der Waals surface area contributed by atoms with Crippen molar-refractivity contribution in [3.05, 3.63) is 62.8 Å². The van der Waals surface area contributed by atoms with Crippen LogP contribution in [0.5, 0.6) is 0 Å². The van der Waals surface area contributed by atoms with Crippen molar-refractivity contribution >= 4 is 5.91 Å². The molecule has 2 rings (SSSR count). The summed E-state index contributed by atoms with van der Waals surface area (Å²) in [6, 6.07) is 5.81. The van der Waals surface area contributed by atoms with Gasteiger partial charge < -0.3 is 9.47 Å². The lowest BCUT2D eigenvalue weighted by Crippen LogP contribution is -2.35. The van der Waals surface area contributed by atoms with Gasteiger partial charge in [0.15, 0.2) is 0 Å². The average Bonchev–Trinajstić information content (AvgIpc) is 2.52. The minimum atomic E-state index is -0.257.